The highest BCUT2D eigenvalue weighted by molar-refractivity contribution is 7.47. The largest absolute Gasteiger partial charge is 0.472 e. The number of rotatable bonds is 51. The van der Waals surface area contributed by atoms with Crippen molar-refractivity contribution in [2.24, 2.45) is 0 Å². The number of esters is 2. The average Bonchev–Trinajstić information content (AvgIpc) is 3.29. The molecule has 0 amide bonds. The minimum Gasteiger partial charge on any atom is -0.462 e. The van der Waals surface area contributed by atoms with E-state index in [1.54, 1.807) is 0 Å². The molecule has 0 heterocycles. The zero-order chi connectivity index (χ0) is 49.2. The lowest BCUT2D eigenvalue weighted by molar-refractivity contribution is -0.870. The highest BCUT2D eigenvalue weighted by atomic mass is 31.2. The molecule has 2 atom stereocenters. The number of nitrogens with zero attached hydrogens (tertiary/aromatic N) is 1. The molecule has 67 heavy (non-hydrogen) atoms. The molecular weight excluding hydrogens is 858 g/mol. The fraction of sp³-hybridized carbons (Fsp3) is 0.825. The van der Waals surface area contributed by atoms with Crippen LogP contribution in [0.5, 0.6) is 0 Å². The Morgan fingerprint density at radius 3 is 1.27 bits per heavy atom. The van der Waals surface area contributed by atoms with Crippen LogP contribution in [-0.4, -0.2) is 74.9 Å². The number of phosphoric acid groups is 1. The first-order valence-corrected chi connectivity index (χ1v) is 29.4. The van der Waals surface area contributed by atoms with Gasteiger partial charge in [0, 0.05) is 12.8 Å². The summed E-state index contributed by atoms with van der Waals surface area (Å²) < 4.78 is 34.4. The molecule has 10 heteroatoms. The Balaban J connectivity index is 3.97. The molecule has 1 N–H and O–H groups in total. The van der Waals surface area contributed by atoms with Crippen molar-refractivity contribution in [3.05, 3.63) is 48.6 Å². The number of carbonyl (C=O) groups excluding carboxylic acids is 2. The molecule has 0 saturated heterocycles. The zero-order valence-electron chi connectivity index (χ0n) is 44.4. The SMILES string of the molecule is CCC/C=C\CCCCCCCC(=O)OCC(COP(=O)(O)OCC[N+](C)(C)C)OC(=O)CCCCCCCCCCCCCCCCCCCC/C=C\C/C=C\C/C=C\CCCCCCC. The monoisotopic (exact) mass is 965 g/mol. The third-order valence-corrected chi connectivity index (χ3v) is 13.0. The molecule has 0 bridgehead atoms. The number of quaternary nitrogens is 1. The number of hydrogen-bond donors (Lipinski definition) is 1. The van der Waals surface area contributed by atoms with Crippen molar-refractivity contribution in [3.63, 3.8) is 0 Å². The van der Waals surface area contributed by atoms with Crippen molar-refractivity contribution in [3.8, 4) is 0 Å². The second-order valence-electron chi connectivity index (χ2n) is 20.0. The summed E-state index contributed by atoms with van der Waals surface area (Å²) in [7, 11) is 1.48. The standard InChI is InChI=1S/C57H106NO8P/c1-6-8-10-12-14-16-18-19-20-21-22-23-24-25-26-27-28-29-30-31-32-33-34-35-36-37-38-39-40-42-44-46-48-50-57(60)66-55(54-65-67(61,62)64-52-51-58(3,4)5)53-63-56(59)49-47-45-43-41-17-15-13-11-9-7-2/h11,13,18-19,21-22,24-25,55H,6-10,12,14-17,20,23,26-54H2,1-5H3/p+1/b13-11-,19-18-,22-21-,25-24-. The molecule has 9 nitrogen and oxygen atoms in total. The van der Waals surface area contributed by atoms with Crippen LogP contribution in [0.4, 0.5) is 0 Å². The first-order valence-electron chi connectivity index (χ1n) is 27.9. The Morgan fingerprint density at radius 1 is 0.463 bits per heavy atom. The molecule has 0 aromatic carbocycles. The van der Waals surface area contributed by atoms with E-state index < -0.39 is 26.5 Å². The molecule has 0 fully saturated rings. The molecule has 0 aromatic rings. The maximum atomic E-state index is 12.8. The predicted molar refractivity (Wildman–Crippen MR) is 284 cm³/mol. The first kappa shape index (κ1) is 65.0. The Morgan fingerprint density at radius 2 is 0.836 bits per heavy atom. The van der Waals surface area contributed by atoms with Gasteiger partial charge in [-0.1, -0.05) is 217 Å². The maximum Gasteiger partial charge on any atom is 0.472 e. The fourth-order valence-electron chi connectivity index (χ4n) is 7.73. The van der Waals surface area contributed by atoms with Crippen LogP contribution in [0.25, 0.3) is 0 Å². The van der Waals surface area contributed by atoms with Gasteiger partial charge >= 0.3 is 19.8 Å². The minimum atomic E-state index is -4.38. The number of likely N-dealkylation sites (N-methyl/N-ethyl adjacent to an activating group) is 1. The van der Waals surface area contributed by atoms with E-state index in [9.17, 15) is 19.0 Å². The van der Waals surface area contributed by atoms with Crippen LogP contribution in [0.15, 0.2) is 48.6 Å². The number of phosphoric ester groups is 1. The Hall–Kier alpha value is -2.03. The molecule has 0 rings (SSSR count). The average molecular weight is 965 g/mol. The summed E-state index contributed by atoms with van der Waals surface area (Å²) in [6.45, 7) is 4.36. The van der Waals surface area contributed by atoms with Crippen molar-refractivity contribution in [2.75, 3.05) is 47.5 Å². The van der Waals surface area contributed by atoms with E-state index in [0.29, 0.717) is 17.4 Å². The molecule has 0 aliphatic heterocycles. The molecule has 392 valence electrons. The van der Waals surface area contributed by atoms with Gasteiger partial charge in [0.15, 0.2) is 6.10 Å². The van der Waals surface area contributed by atoms with Gasteiger partial charge in [0.25, 0.3) is 0 Å². The Labute approximate surface area is 414 Å². The van der Waals surface area contributed by atoms with Gasteiger partial charge in [0.05, 0.1) is 27.7 Å². The Kier molecular flexibility index (Phi) is 47.5. The van der Waals surface area contributed by atoms with Gasteiger partial charge in [0.1, 0.15) is 19.8 Å². The molecule has 0 aliphatic carbocycles. The van der Waals surface area contributed by atoms with Crippen LogP contribution in [0.2, 0.25) is 0 Å². The van der Waals surface area contributed by atoms with Gasteiger partial charge in [0.2, 0.25) is 0 Å². The molecule has 0 radical (unpaired) electrons. The van der Waals surface area contributed by atoms with Gasteiger partial charge in [-0.25, -0.2) is 4.57 Å². The molecule has 0 aromatic heterocycles. The van der Waals surface area contributed by atoms with Gasteiger partial charge in [-0.2, -0.15) is 0 Å². The summed E-state index contributed by atoms with van der Waals surface area (Å²) in [6, 6.07) is 0. The smallest absolute Gasteiger partial charge is 0.462 e. The quantitative estimate of drug-likeness (QED) is 0.0211. The van der Waals surface area contributed by atoms with E-state index in [2.05, 4.69) is 62.5 Å². The summed E-state index contributed by atoms with van der Waals surface area (Å²) in [6.07, 6.45) is 60.6. The van der Waals surface area contributed by atoms with Crippen molar-refractivity contribution in [1.29, 1.82) is 0 Å². The van der Waals surface area contributed by atoms with E-state index in [0.717, 1.165) is 70.6 Å². The van der Waals surface area contributed by atoms with Crippen LogP contribution in [-0.2, 0) is 32.7 Å². The summed E-state index contributed by atoms with van der Waals surface area (Å²) in [5, 5.41) is 0. The lowest BCUT2D eigenvalue weighted by Gasteiger charge is -2.24. The highest BCUT2D eigenvalue weighted by Crippen LogP contribution is 2.43. The molecule has 0 saturated carbocycles. The zero-order valence-corrected chi connectivity index (χ0v) is 45.3. The van der Waals surface area contributed by atoms with Crippen LogP contribution in [0, 0.1) is 0 Å². The van der Waals surface area contributed by atoms with Gasteiger partial charge in [-0.3, -0.25) is 18.6 Å². The number of allylic oxidation sites excluding steroid dienone is 8. The van der Waals surface area contributed by atoms with E-state index in [4.69, 9.17) is 18.5 Å². The van der Waals surface area contributed by atoms with Crippen LogP contribution in [0.3, 0.4) is 0 Å². The number of ether oxygens (including phenoxy) is 2. The number of carbonyl (C=O) groups is 2. The summed E-state index contributed by atoms with van der Waals surface area (Å²) in [5.74, 6) is -0.804. The normalized spacial score (nSPS) is 13.7. The number of hydrogen-bond acceptors (Lipinski definition) is 7. The van der Waals surface area contributed by atoms with Crippen LogP contribution >= 0.6 is 7.82 Å². The van der Waals surface area contributed by atoms with Gasteiger partial charge < -0.3 is 18.9 Å². The molecule has 0 spiro atoms. The summed E-state index contributed by atoms with van der Waals surface area (Å²) in [5.41, 5.74) is 0. The maximum absolute atomic E-state index is 12.8. The lowest BCUT2D eigenvalue weighted by atomic mass is 10.0. The van der Waals surface area contributed by atoms with E-state index in [1.807, 2.05) is 21.1 Å². The predicted octanol–water partition coefficient (Wildman–Crippen LogP) is 17.0. The third-order valence-electron chi connectivity index (χ3n) is 12.1. The van der Waals surface area contributed by atoms with Gasteiger partial charge in [-0.15, -0.1) is 0 Å². The Bertz CT molecular complexity index is 1270. The molecule has 0 aliphatic rings. The summed E-state index contributed by atoms with van der Waals surface area (Å²) in [4.78, 5) is 35.4. The minimum absolute atomic E-state index is 0.0308. The van der Waals surface area contributed by atoms with Crippen LogP contribution in [0.1, 0.15) is 251 Å². The third kappa shape index (κ3) is 53.2. The number of unbranched alkanes of at least 4 members (excludes halogenated alkanes) is 29. The second-order valence-corrected chi connectivity index (χ2v) is 21.4. The van der Waals surface area contributed by atoms with Crippen molar-refractivity contribution in [2.45, 2.75) is 258 Å². The molecular formula is C57H107NO8P+. The fourth-order valence-corrected chi connectivity index (χ4v) is 8.47. The van der Waals surface area contributed by atoms with Crippen molar-refractivity contribution < 1.29 is 42.1 Å². The summed E-state index contributed by atoms with van der Waals surface area (Å²) >= 11 is 0. The van der Waals surface area contributed by atoms with Crippen LogP contribution < -0.4 is 0 Å². The van der Waals surface area contributed by atoms with Crippen molar-refractivity contribution in [1.82, 2.24) is 0 Å². The second kappa shape index (κ2) is 49.0. The van der Waals surface area contributed by atoms with Crippen molar-refractivity contribution >= 4 is 19.8 Å². The highest BCUT2D eigenvalue weighted by Gasteiger charge is 2.27. The first-order chi connectivity index (χ1) is 32.5. The van der Waals surface area contributed by atoms with E-state index in [1.165, 1.54) is 148 Å². The molecule has 2 unspecified atom stereocenters. The van der Waals surface area contributed by atoms with E-state index >= 15 is 0 Å². The van der Waals surface area contributed by atoms with Gasteiger partial charge in [-0.05, 0) is 70.6 Å². The van der Waals surface area contributed by atoms with E-state index in [-0.39, 0.29) is 32.0 Å². The lowest BCUT2D eigenvalue weighted by Crippen LogP contribution is -2.37. The topological polar surface area (TPSA) is 108 Å².